The number of unbranched alkanes of at least 4 members (excludes halogenated alkanes) is 5. The van der Waals surface area contributed by atoms with E-state index >= 15 is 0 Å². The van der Waals surface area contributed by atoms with Crippen LogP contribution in [0.15, 0.2) is 0 Å². The lowest BCUT2D eigenvalue weighted by atomic mass is 10.1. The molecule has 92 valence electrons. The molecule has 0 heterocycles. The summed E-state index contributed by atoms with van der Waals surface area (Å²) in [6.45, 7) is 6.15. The fraction of sp³-hybridized carbons (Fsp3) is 1.00. The van der Waals surface area contributed by atoms with Crippen LogP contribution in [0, 0.1) is 0 Å². The SMILES string of the molecule is CCCCCCCC[Si](C)(Br)OCCC. The van der Waals surface area contributed by atoms with Crippen molar-refractivity contribution in [2.75, 3.05) is 6.61 Å². The predicted molar refractivity (Wildman–Crippen MR) is 75.0 cm³/mol. The molecular weight excluding hydrogens is 268 g/mol. The highest BCUT2D eigenvalue weighted by molar-refractivity contribution is 9.25. The van der Waals surface area contributed by atoms with Gasteiger partial charge in [-0.15, -0.1) is 0 Å². The highest BCUT2D eigenvalue weighted by Crippen LogP contribution is 2.23. The van der Waals surface area contributed by atoms with E-state index in [1.807, 2.05) is 0 Å². The third kappa shape index (κ3) is 10.9. The van der Waals surface area contributed by atoms with Crippen LogP contribution in [0.3, 0.4) is 0 Å². The van der Waals surface area contributed by atoms with Crippen molar-refractivity contribution >= 4 is 22.2 Å². The average molecular weight is 295 g/mol. The van der Waals surface area contributed by atoms with Gasteiger partial charge in [-0.05, 0) is 19.0 Å². The zero-order valence-electron chi connectivity index (χ0n) is 10.7. The number of hydrogen-bond donors (Lipinski definition) is 0. The minimum Gasteiger partial charge on any atom is -0.407 e. The summed E-state index contributed by atoms with van der Waals surface area (Å²) in [5, 5.41) is 0. The van der Waals surface area contributed by atoms with Gasteiger partial charge in [0.05, 0.1) is 0 Å². The summed E-state index contributed by atoms with van der Waals surface area (Å²) in [6.07, 6.45) is 9.39. The summed E-state index contributed by atoms with van der Waals surface area (Å²) in [5.74, 6) is 0. The van der Waals surface area contributed by atoms with Gasteiger partial charge in [-0.25, -0.2) is 0 Å². The largest absolute Gasteiger partial charge is 0.407 e. The zero-order chi connectivity index (χ0) is 11.6. The van der Waals surface area contributed by atoms with E-state index in [9.17, 15) is 0 Å². The third-order valence-corrected chi connectivity index (χ3v) is 6.51. The smallest absolute Gasteiger partial charge is 0.260 e. The maximum Gasteiger partial charge on any atom is 0.260 e. The van der Waals surface area contributed by atoms with Crippen molar-refractivity contribution in [2.24, 2.45) is 0 Å². The lowest BCUT2D eigenvalue weighted by Crippen LogP contribution is -2.26. The van der Waals surface area contributed by atoms with Gasteiger partial charge in [-0.2, -0.15) is 0 Å². The van der Waals surface area contributed by atoms with Crippen LogP contribution in [0.25, 0.3) is 0 Å². The van der Waals surface area contributed by atoms with Crippen LogP contribution < -0.4 is 0 Å². The molecule has 0 saturated heterocycles. The molecule has 0 amide bonds. The van der Waals surface area contributed by atoms with Crippen LogP contribution in [0.4, 0.5) is 0 Å². The van der Waals surface area contributed by atoms with E-state index in [1.54, 1.807) is 0 Å². The summed E-state index contributed by atoms with van der Waals surface area (Å²) in [6, 6.07) is 1.26. The van der Waals surface area contributed by atoms with Crippen molar-refractivity contribution in [2.45, 2.75) is 71.4 Å². The predicted octanol–water partition coefficient (Wildman–Crippen LogP) is 5.24. The Bertz CT molecular complexity index is 140. The van der Waals surface area contributed by atoms with Gasteiger partial charge in [0.1, 0.15) is 0 Å². The first kappa shape index (κ1) is 15.7. The van der Waals surface area contributed by atoms with Crippen molar-refractivity contribution in [1.29, 1.82) is 0 Å². The second kappa shape index (κ2) is 9.85. The van der Waals surface area contributed by atoms with Crippen molar-refractivity contribution in [3.63, 3.8) is 0 Å². The van der Waals surface area contributed by atoms with Gasteiger partial charge >= 0.3 is 0 Å². The van der Waals surface area contributed by atoms with E-state index in [1.165, 1.54) is 44.6 Å². The first-order chi connectivity index (χ1) is 7.12. The van der Waals surface area contributed by atoms with Gasteiger partial charge < -0.3 is 4.43 Å². The zero-order valence-corrected chi connectivity index (χ0v) is 13.2. The molecule has 3 heteroatoms. The minimum atomic E-state index is -1.48. The first-order valence-corrected chi connectivity index (χ1v) is 11.3. The van der Waals surface area contributed by atoms with Crippen molar-refractivity contribution < 1.29 is 4.43 Å². The van der Waals surface area contributed by atoms with Crippen LogP contribution >= 0.6 is 15.3 Å². The van der Waals surface area contributed by atoms with Gasteiger partial charge in [0.15, 0.2) is 0 Å². The van der Waals surface area contributed by atoms with Crippen LogP contribution in [-0.2, 0) is 4.43 Å². The Hall–Kier alpha value is 0.657. The maximum absolute atomic E-state index is 5.86. The van der Waals surface area contributed by atoms with Crippen molar-refractivity contribution in [3.05, 3.63) is 0 Å². The molecule has 0 aromatic heterocycles. The lowest BCUT2D eigenvalue weighted by molar-refractivity contribution is 0.316. The van der Waals surface area contributed by atoms with Crippen LogP contribution in [0.1, 0.15) is 58.8 Å². The van der Waals surface area contributed by atoms with Gasteiger partial charge in [-0.3, -0.25) is 0 Å². The Labute approximate surface area is 105 Å². The van der Waals surface area contributed by atoms with E-state index in [2.05, 4.69) is 35.7 Å². The number of rotatable bonds is 10. The molecule has 0 aliphatic carbocycles. The summed E-state index contributed by atoms with van der Waals surface area (Å²) < 4.78 is 5.86. The molecule has 0 fully saturated rings. The molecule has 0 N–H and O–H groups in total. The second-order valence-electron chi connectivity index (χ2n) is 4.47. The van der Waals surface area contributed by atoms with E-state index in [0.717, 1.165) is 13.0 Å². The molecule has 0 rings (SSSR count). The molecule has 0 radical (unpaired) electrons. The van der Waals surface area contributed by atoms with E-state index in [-0.39, 0.29) is 0 Å². The fourth-order valence-electron chi connectivity index (χ4n) is 1.61. The molecule has 1 atom stereocenters. The molecule has 1 unspecified atom stereocenters. The van der Waals surface area contributed by atoms with Gasteiger partial charge in [0.25, 0.3) is 6.94 Å². The summed E-state index contributed by atoms with van der Waals surface area (Å²) in [4.78, 5) is 0. The van der Waals surface area contributed by atoms with Gasteiger partial charge in [-0.1, -0.05) is 67.7 Å². The van der Waals surface area contributed by atoms with Crippen LogP contribution in [-0.4, -0.2) is 13.5 Å². The molecule has 0 saturated carbocycles. The standard InChI is InChI=1S/C12H27BrOSi/c1-4-6-7-8-9-10-12-15(3,13)14-11-5-2/h4-12H2,1-3H3. The van der Waals surface area contributed by atoms with E-state index in [4.69, 9.17) is 4.43 Å². The Kier molecular flexibility index (Phi) is 10.3. The topological polar surface area (TPSA) is 9.23 Å². The molecule has 0 aromatic carbocycles. The number of hydrogen-bond acceptors (Lipinski definition) is 1. The summed E-state index contributed by atoms with van der Waals surface area (Å²) in [5.41, 5.74) is 0. The molecule has 0 bridgehead atoms. The molecule has 15 heavy (non-hydrogen) atoms. The molecule has 0 spiro atoms. The molecular formula is C12H27BrOSi. The first-order valence-electron chi connectivity index (χ1n) is 6.45. The Morgan fingerprint density at radius 1 is 0.933 bits per heavy atom. The average Bonchev–Trinajstić information content (AvgIpc) is 2.20. The monoisotopic (exact) mass is 294 g/mol. The van der Waals surface area contributed by atoms with E-state index in [0.29, 0.717) is 0 Å². The van der Waals surface area contributed by atoms with Gasteiger partial charge in [0, 0.05) is 6.61 Å². The molecule has 0 aliphatic rings. The third-order valence-electron chi connectivity index (χ3n) is 2.58. The van der Waals surface area contributed by atoms with E-state index < -0.39 is 6.94 Å². The minimum absolute atomic E-state index is 0.920. The Morgan fingerprint density at radius 3 is 2.13 bits per heavy atom. The molecule has 0 aromatic rings. The Balaban J connectivity index is 3.32. The Morgan fingerprint density at radius 2 is 1.53 bits per heavy atom. The second-order valence-corrected chi connectivity index (χ2v) is 12.5. The van der Waals surface area contributed by atoms with Crippen molar-refractivity contribution in [3.8, 4) is 0 Å². The normalized spacial score (nSPS) is 15.2. The fourth-order valence-corrected chi connectivity index (χ4v) is 4.59. The summed E-state index contributed by atoms with van der Waals surface area (Å²) in [7, 11) is 0. The maximum atomic E-state index is 5.86. The summed E-state index contributed by atoms with van der Waals surface area (Å²) >= 11 is 3.78. The number of halogens is 1. The molecule has 0 aliphatic heterocycles. The van der Waals surface area contributed by atoms with Crippen molar-refractivity contribution in [1.82, 2.24) is 0 Å². The highest BCUT2D eigenvalue weighted by atomic mass is 79.9. The van der Waals surface area contributed by atoms with Crippen LogP contribution in [0.5, 0.6) is 0 Å². The lowest BCUT2D eigenvalue weighted by Gasteiger charge is -2.20. The highest BCUT2D eigenvalue weighted by Gasteiger charge is 2.23. The van der Waals surface area contributed by atoms with Crippen LogP contribution in [0.2, 0.25) is 12.6 Å². The molecule has 1 nitrogen and oxygen atoms in total. The quantitative estimate of drug-likeness (QED) is 0.304. The van der Waals surface area contributed by atoms with Gasteiger partial charge in [0.2, 0.25) is 0 Å².